The van der Waals surface area contributed by atoms with Gasteiger partial charge in [-0.15, -0.1) is 11.3 Å². The van der Waals surface area contributed by atoms with E-state index in [0.29, 0.717) is 18.8 Å². The standard InChI is InChI=1S/C15H14N2O2S/c16-11-1-3-12(4-2-11)19-9-8-17-7-5-14-13(15(17)18)6-10-20-14/h1-7,10H,8-9,16H2. The molecule has 0 saturated heterocycles. The number of thiophene rings is 1. The second-order valence-corrected chi connectivity index (χ2v) is 5.38. The number of hydrogen-bond acceptors (Lipinski definition) is 4. The average molecular weight is 286 g/mol. The van der Waals surface area contributed by atoms with Gasteiger partial charge < -0.3 is 15.0 Å². The Labute approximate surface area is 120 Å². The molecule has 20 heavy (non-hydrogen) atoms. The predicted molar refractivity (Wildman–Crippen MR) is 82.4 cm³/mol. The van der Waals surface area contributed by atoms with Crippen LogP contribution in [-0.2, 0) is 6.54 Å². The van der Waals surface area contributed by atoms with Gasteiger partial charge in [0.1, 0.15) is 12.4 Å². The van der Waals surface area contributed by atoms with E-state index in [2.05, 4.69) is 0 Å². The van der Waals surface area contributed by atoms with Crippen molar-refractivity contribution in [2.75, 3.05) is 12.3 Å². The molecule has 1 aromatic carbocycles. The lowest BCUT2D eigenvalue weighted by molar-refractivity contribution is 0.297. The Kier molecular flexibility index (Phi) is 3.43. The van der Waals surface area contributed by atoms with Gasteiger partial charge in [0.15, 0.2) is 0 Å². The largest absolute Gasteiger partial charge is 0.492 e. The van der Waals surface area contributed by atoms with Crippen molar-refractivity contribution < 1.29 is 4.74 Å². The van der Waals surface area contributed by atoms with Crippen molar-refractivity contribution in [1.82, 2.24) is 4.57 Å². The van der Waals surface area contributed by atoms with Crippen molar-refractivity contribution in [2.24, 2.45) is 0 Å². The molecule has 0 fully saturated rings. The topological polar surface area (TPSA) is 57.2 Å². The van der Waals surface area contributed by atoms with Crippen LogP contribution in [0.1, 0.15) is 0 Å². The van der Waals surface area contributed by atoms with Crippen LogP contribution < -0.4 is 16.0 Å². The van der Waals surface area contributed by atoms with Gasteiger partial charge in [-0.25, -0.2) is 0 Å². The molecule has 0 aliphatic heterocycles. The summed E-state index contributed by atoms with van der Waals surface area (Å²) in [6.07, 6.45) is 1.81. The monoisotopic (exact) mass is 286 g/mol. The summed E-state index contributed by atoms with van der Waals surface area (Å²) in [7, 11) is 0. The lowest BCUT2D eigenvalue weighted by atomic mass is 10.3. The maximum atomic E-state index is 12.2. The molecular formula is C15H14N2O2S. The first-order valence-electron chi connectivity index (χ1n) is 6.29. The Morgan fingerprint density at radius 1 is 1.15 bits per heavy atom. The molecule has 0 atom stereocenters. The second kappa shape index (κ2) is 5.38. The molecule has 0 amide bonds. The van der Waals surface area contributed by atoms with E-state index in [0.717, 1.165) is 15.8 Å². The fraction of sp³-hybridized carbons (Fsp3) is 0.133. The fourth-order valence-electron chi connectivity index (χ4n) is 2.01. The van der Waals surface area contributed by atoms with E-state index < -0.39 is 0 Å². The van der Waals surface area contributed by atoms with Crippen LogP contribution in [0.15, 0.2) is 52.8 Å². The Hall–Kier alpha value is -2.27. The molecule has 5 heteroatoms. The highest BCUT2D eigenvalue weighted by Crippen LogP contribution is 2.16. The van der Waals surface area contributed by atoms with Gasteiger partial charge in [0, 0.05) is 16.6 Å². The summed E-state index contributed by atoms with van der Waals surface area (Å²) < 4.78 is 8.29. The summed E-state index contributed by atoms with van der Waals surface area (Å²) in [5.41, 5.74) is 6.35. The van der Waals surface area contributed by atoms with Gasteiger partial charge in [0.25, 0.3) is 5.56 Å². The zero-order valence-corrected chi connectivity index (χ0v) is 11.6. The third kappa shape index (κ3) is 2.53. The number of hydrogen-bond donors (Lipinski definition) is 1. The number of rotatable bonds is 4. The van der Waals surface area contributed by atoms with E-state index in [1.165, 1.54) is 0 Å². The van der Waals surface area contributed by atoms with E-state index >= 15 is 0 Å². The molecule has 0 saturated carbocycles. The van der Waals surface area contributed by atoms with E-state index in [9.17, 15) is 4.79 Å². The number of nitrogens with two attached hydrogens (primary N) is 1. The van der Waals surface area contributed by atoms with Crippen molar-refractivity contribution in [1.29, 1.82) is 0 Å². The number of fused-ring (bicyclic) bond motifs is 1. The normalized spacial score (nSPS) is 10.8. The quantitative estimate of drug-likeness (QED) is 0.750. The van der Waals surface area contributed by atoms with E-state index in [4.69, 9.17) is 10.5 Å². The number of benzene rings is 1. The van der Waals surface area contributed by atoms with Gasteiger partial charge in [-0.1, -0.05) is 0 Å². The smallest absolute Gasteiger partial charge is 0.259 e. The van der Waals surface area contributed by atoms with Crippen molar-refractivity contribution >= 4 is 27.1 Å². The average Bonchev–Trinajstić information content (AvgIpc) is 2.93. The third-order valence-electron chi connectivity index (χ3n) is 3.07. The van der Waals surface area contributed by atoms with Gasteiger partial charge in [-0.3, -0.25) is 4.79 Å². The van der Waals surface area contributed by atoms with Crippen LogP contribution in [0.3, 0.4) is 0 Å². The molecule has 3 rings (SSSR count). The zero-order chi connectivity index (χ0) is 13.9. The van der Waals surface area contributed by atoms with Gasteiger partial charge >= 0.3 is 0 Å². The summed E-state index contributed by atoms with van der Waals surface area (Å²) in [5.74, 6) is 0.754. The van der Waals surface area contributed by atoms with Crippen molar-refractivity contribution in [3.05, 3.63) is 58.3 Å². The maximum absolute atomic E-state index is 12.2. The fourth-order valence-corrected chi connectivity index (χ4v) is 2.78. The molecule has 0 radical (unpaired) electrons. The van der Waals surface area contributed by atoms with Crippen molar-refractivity contribution in [2.45, 2.75) is 6.54 Å². The molecule has 0 aliphatic rings. The number of nitrogens with zero attached hydrogens (tertiary/aromatic N) is 1. The Balaban J connectivity index is 1.69. The highest BCUT2D eigenvalue weighted by Gasteiger charge is 2.03. The van der Waals surface area contributed by atoms with E-state index in [1.807, 2.05) is 35.8 Å². The number of pyridine rings is 1. The summed E-state index contributed by atoms with van der Waals surface area (Å²) in [6, 6.07) is 11.0. The van der Waals surface area contributed by atoms with Crippen LogP contribution in [0, 0.1) is 0 Å². The molecule has 0 aliphatic carbocycles. The van der Waals surface area contributed by atoms with Gasteiger partial charge in [-0.05, 0) is 41.8 Å². The molecule has 102 valence electrons. The minimum Gasteiger partial charge on any atom is -0.492 e. The molecule has 2 heterocycles. The van der Waals surface area contributed by atoms with Crippen LogP contribution in [-0.4, -0.2) is 11.2 Å². The molecule has 2 N–H and O–H groups in total. The molecule has 0 spiro atoms. The third-order valence-corrected chi connectivity index (χ3v) is 3.96. The van der Waals surface area contributed by atoms with Crippen molar-refractivity contribution in [3.8, 4) is 5.75 Å². The molecule has 2 aromatic heterocycles. The van der Waals surface area contributed by atoms with Gasteiger partial charge in [-0.2, -0.15) is 0 Å². The van der Waals surface area contributed by atoms with Crippen LogP contribution in [0.5, 0.6) is 5.75 Å². The highest BCUT2D eigenvalue weighted by atomic mass is 32.1. The Bertz CT molecular complexity index is 774. The molecule has 0 unspecified atom stereocenters. The molecule has 0 bridgehead atoms. The SMILES string of the molecule is Nc1ccc(OCCn2ccc3sccc3c2=O)cc1. The van der Waals surface area contributed by atoms with E-state index in [1.54, 1.807) is 28.0 Å². The highest BCUT2D eigenvalue weighted by molar-refractivity contribution is 7.17. The number of aromatic nitrogens is 1. The van der Waals surface area contributed by atoms with Crippen LogP contribution in [0.2, 0.25) is 0 Å². The molecule has 4 nitrogen and oxygen atoms in total. The lowest BCUT2D eigenvalue weighted by Crippen LogP contribution is -2.22. The minimum absolute atomic E-state index is 0.0321. The van der Waals surface area contributed by atoms with Gasteiger partial charge in [0.2, 0.25) is 0 Å². The molecular weight excluding hydrogens is 272 g/mol. The van der Waals surface area contributed by atoms with Crippen LogP contribution in [0.25, 0.3) is 10.1 Å². The summed E-state index contributed by atoms with van der Waals surface area (Å²) in [6.45, 7) is 0.967. The lowest BCUT2D eigenvalue weighted by Gasteiger charge is -2.08. The first-order chi connectivity index (χ1) is 9.74. The Morgan fingerprint density at radius 2 is 1.95 bits per heavy atom. The minimum atomic E-state index is 0.0321. The van der Waals surface area contributed by atoms with Gasteiger partial charge in [0.05, 0.1) is 11.9 Å². The maximum Gasteiger partial charge on any atom is 0.259 e. The first-order valence-corrected chi connectivity index (χ1v) is 7.17. The van der Waals surface area contributed by atoms with Crippen LogP contribution >= 0.6 is 11.3 Å². The number of ether oxygens (including phenoxy) is 1. The first kappa shape index (κ1) is 12.7. The summed E-state index contributed by atoms with van der Waals surface area (Å²) >= 11 is 1.58. The number of anilines is 1. The van der Waals surface area contributed by atoms with Crippen LogP contribution in [0.4, 0.5) is 5.69 Å². The predicted octanol–water partition coefficient (Wildman–Crippen LogP) is 2.72. The van der Waals surface area contributed by atoms with E-state index in [-0.39, 0.29) is 5.56 Å². The summed E-state index contributed by atoms with van der Waals surface area (Å²) in [5, 5.41) is 2.70. The summed E-state index contributed by atoms with van der Waals surface area (Å²) in [4.78, 5) is 12.2. The Morgan fingerprint density at radius 3 is 2.75 bits per heavy atom. The molecule has 3 aromatic rings. The number of nitrogen functional groups attached to an aromatic ring is 1. The zero-order valence-electron chi connectivity index (χ0n) is 10.8. The van der Waals surface area contributed by atoms with Crippen molar-refractivity contribution in [3.63, 3.8) is 0 Å². The second-order valence-electron chi connectivity index (χ2n) is 4.43.